The second kappa shape index (κ2) is 7.97. The Morgan fingerprint density at radius 1 is 1.13 bits per heavy atom. The standard InChI is InChI=1S/C8H9N3.2C2H6/c1-2-7-6-3-4-9-8(6)11-5-10-7;2*1-2/h3-5H,2H2,1H3,(H,9,10,11);2*1-2H3. The fourth-order valence-electron chi connectivity index (χ4n) is 1.21. The summed E-state index contributed by atoms with van der Waals surface area (Å²) >= 11 is 0. The molecule has 0 fully saturated rings. The molecule has 0 aliphatic rings. The first-order chi connectivity index (χ1) is 7.42. The van der Waals surface area contributed by atoms with Crippen LogP contribution in [0, 0.1) is 0 Å². The first-order valence-corrected chi connectivity index (χ1v) is 5.68. The molecule has 0 aliphatic heterocycles. The van der Waals surface area contributed by atoms with Crippen molar-refractivity contribution in [1.82, 2.24) is 15.0 Å². The number of hydrogen-bond donors (Lipinski definition) is 1. The van der Waals surface area contributed by atoms with Gasteiger partial charge < -0.3 is 4.98 Å². The van der Waals surface area contributed by atoms with Gasteiger partial charge in [0, 0.05) is 11.6 Å². The number of H-pyrrole nitrogens is 1. The van der Waals surface area contributed by atoms with Crippen LogP contribution < -0.4 is 0 Å². The fraction of sp³-hybridized carbons (Fsp3) is 0.500. The van der Waals surface area contributed by atoms with Crippen molar-refractivity contribution >= 4 is 11.0 Å². The van der Waals surface area contributed by atoms with E-state index in [1.54, 1.807) is 6.33 Å². The molecular formula is C12H21N3. The summed E-state index contributed by atoms with van der Waals surface area (Å²) in [6.45, 7) is 10.1. The van der Waals surface area contributed by atoms with E-state index in [9.17, 15) is 0 Å². The normalized spacial score (nSPS) is 8.60. The van der Waals surface area contributed by atoms with Gasteiger partial charge in [0.25, 0.3) is 0 Å². The summed E-state index contributed by atoms with van der Waals surface area (Å²) < 4.78 is 0. The summed E-state index contributed by atoms with van der Waals surface area (Å²) in [4.78, 5) is 11.3. The van der Waals surface area contributed by atoms with Crippen LogP contribution in [-0.2, 0) is 6.42 Å². The molecule has 2 heterocycles. The van der Waals surface area contributed by atoms with Gasteiger partial charge in [-0.1, -0.05) is 34.6 Å². The number of aromatic amines is 1. The van der Waals surface area contributed by atoms with Gasteiger partial charge in [0.2, 0.25) is 0 Å². The van der Waals surface area contributed by atoms with Crippen LogP contribution in [0.25, 0.3) is 11.0 Å². The zero-order valence-electron chi connectivity index (χ0n) is 10.3. The Labute approximate surface area is 92.0 Å². The van der Waals surface area contributed by atoms with Crippen LogP contribution in [0.3, 0.4) is 0 Å². The van der Waals surface area contributed by atoms with E-state index in [2.05, 4.69) is 21.9 Å². The molecule has 0 aromatic carbocycles. The van der Waals surface area contributed by atoms with Gasteiger partial charge in [0.05, 0.1) is 5.69 Å². The highest BCUT2D eigenvalue weighted by Crippen LogP contribution is 2.12. The van der Waals surface area contributed by atoms with Gasteiger partial charge in [-0.2, -0.15) is 0 Å². The maximum atomic E-state index is 4.17. The van der Waals surface area contributed by atoms with Crippen molar-refractivity contribution in [3.05, 3.63) is 24.3 Å². The van der Waals surface area contributed by atoms with Gasteiger partial charge in [0.1, 0.15) is 12.0 Å². The highest BCUT2D eigenvalue weighted by molar-refractivity contribution is 5.77. The molecule has 0 atom stereocenters. The highest BCUT2D eigenvalue weighted by atomic mass is 14.9. The third-order valence-electron chi connectivity index (χ3n) is 1.77. The minimum atomic E-state index is 0.928. The Bertz CT molecular complexity index is 366. The van der Waals surface area contributed by atoms with Crippen LogP contribution in [-0.4, -0.2) is 15.0 Å². The molecular weight excluding hydrogens is 186 g/mol. The zero-order chi connectivity index (χ0) is 11.7. The minimum Gasteiger partial charge on any atom is -0.346 e. The van der Waals surface area contributed by atoms with Crippen molar-refractivity contribution in [2.75, 3.05) is 0 Å². The summed E-state index contributed by atoms with van der Waals surface area (Å²) in [6, 6.07) is 2.01. The van der Waals surface area contributed by atoms with E-state index in [1.807, 2.05) is 40.0 Å². The monoisotopic (exact) mass is 207 g/mol. The predicted octanol–water partition coefficient (Wildman–Crippen LogP) is 3.57. The van der Waals surface area contributed by atoms with Crippen LogP contribution >= 0.6 is 0 Å². The molecule has 2 rings (SSSR count). The Morgan fingerprint density at radius 2 is 1.80 bits per heavy atom. The van der Waals surface area contributed by atoms with Gasteiger partial charge in [-0.25, -0.2) is 9.97 Å². The van der Waals surface area contributed by atoms with Gasteiger partial charge in [0.15, 0.2) is 0 Å². The van der Waals surface area contributed by atoms with E-state index in [0.29, 0.717) is 0 Å². The van der Waals surface area contributed by atoms with E-state index in [4.69, 9.17) is 0 Å². The van der Waals surface area contributed by atoms with Crippen LogP contribution in [0.15, 0.2) is 18.6 Å². The van der Waals surface area contributed by atoms with Crippen molar-refractivity contribution in [2.24, 2.45) is 0 Å². The molecule has 2 aromatic rings. The van der Waals surface area contributed by atoms with Crippen molar-refractivity contribution < 1.29 is 0 Å². The second-order valence-electron chi connectivity index (χ2n) is 2.41. The van der Waals surface area contributed by atoms with Crippen LogP contribution in [0.4, 0.5) is 0 Å². The predicted molar refractivity (Wildman–Crippen MR) is 66.0 cm³/mol. The quantitative estimate of drug-likeness (QED) is 0.776. The molecule has 15 heavy (non-hydrogen) atoms. The molecule has 0 bridgehead atoms. The Kier molecular flexibility index (Phi) is 7.24. The van der Waals surface area contributed by atoms with Gasteiger partial charge in [-0.15, -0.1) is 0 Å². The third-order valence-corrected chi connectivity index (χ3v) is 1.77. The number of rotatable bonds is 1. The van der Waals surface area contributed by atoms with E-state index in [0.717, 1.165) is 23.1 Å². The molecule has 0 saturated heterocycles. The Morgan fingerprint density at radius 3 is 2.40 bits per heavy atom. The van der Waals surface area contributed by atoms with E-state index >= 15 is 0 Å². The summed E-state index contributed by atoms with van der Waals surface area (Å²) in [6.07, 6.45) is 4.44. The molecule has 0 saturated carbocycles. The molecule has 0 radical (unpaired) electrons. The number of aryl methyl sites for hydroxylation is 1. The topological polar surface area (TPSA) is 41.6 Å². The van der Waals surface area contributed by atoms with Crippen molar-refractivity contribution in [1.29, 1.82) is 0 Å². The summed E-state index contributed by atoms with van der Waals surface area (Å²) in [5.74, 6) is 0. The molecule has 0 aliphatic carbocycles. The largest absolute Gasteiger partial charge is 0.346 e. The lowest BCUT2D eigenvalue weighted by molar-refractivity contribution is 1.03. The van der Waals surface area contributed by atoms with Crippen molar-refractivity contribution in [3.8, 4) is 0 Å². The Balaban J connectivity index is 0.000000442. The van der Waals surface area contributed by atoms with Gasteiger partial charge in [-0.05, 0) is 12.5 Å². The number of aromatic nitrogens is 3. The lowest BCUT2D eigenvalue weighted by Gasteiger charge is -1.94. The van der Waals surface area contributed by atoms with Gasteiger partial charge in [-0.3, -0.25) is 0 Å². The molecule has 3 nitrogen and oxygen atoms in total. The number of hydrogen-bond acceptors (Lipinski definition) is 2. The van der Waals surface area contributed by atoms with Crippen molar-refractivity contribution in [3.63, 3.8) is 0 Å². The lowest BCUT2D eigenvalue weighted by Crippen LogP contribution is -1.88. The second-order valence-corrected chi connectivity index (χ2v) is 2.41. The number of nitrogens with zero attached hydrogens (tertiary/aromatic N) is 2. The summed E-state index contributed by atoms with van der Waals surface area (Å²) in [5.41, 5.74) is 2.04. The van der Waals surface area contributed by atoms with Crippen LogP contribution in [0.1, 0.15) is 40.3 Å². The van der Waals surface area contributed by atoms with Crippen LogP contribution in [0.5, 0.6) is 0 Å². The van der Waals surface area contributed by atoms with E-state index in [-0.39, 0.29) is 0 Å². The first-order valence-electron chi connectivity index (χ1n) is 5.68. The smallest absolute Gasteiger partial charge is 0.140 e. The molecule has 0 amide bonds. The highest BCUT2D eigenvalue weighted by Gasteiger charge is 1.99. The SMILES string of the molecule is CC.CC.CCc1ncnc2[nH]ccc12. The molecule has 0 unspecified atom stereocenters. The molecule has 2 aromatic heterocycles. The zero-order valence-corrected chi connectivity index (χ0v) is 10.3. The van der Waals surface area contributed by atoms with E-state index < -0.39 is 0 Å². The number of nitrogens with one attached hydrogen (secondary N) is 1. The summed E-state index contributed by atoms with van der Waals surface area (Å²) in [5, 5.41) is 1.13. The first kappa shape index (κ1) is 13.6. The van der Waals surface area contributed by atoms with Crippen LogP contribution in [0.2, 0.25) is 0 Å². The maximum absolute atomic E-state index is 4.17. The third kappa shape index (κ3) is 3.35. The average molecular weight is 207 g/mol. The lowest BCUT2D eigenvalue weighted by atomic mass is 10.2. The average Bonchev–Trinajstić information content (AvgIpc) is 2.82. The maximum Gasteiger partial charge on any atom is 0.140 e. The molecule has 0 spiro atoms. The number of fused-ring (bicyclic) bond motifs is 1. The molecule has 1 N–H and O–H groups in total. The summed E-state index contributed by atoms with van der Waals surface area (Å²) in [7, 11) is 0. The van der Waals surface area contributed by atoms with E-state index in [1.165, 1.54) is 0 Å². The fourth-order valence-corrected chi connectivity index (χ4v) is 1.21. The van der Waals surface area contributed by atoms with Crippen molar-refractivity contribution in [2.45, 2.75) is 41.0 Å². The minimum absolute atomic E-state index is 0.928. The Hall–Kier alpha value is -1.38. The molecule has 84 valence electrons. The van der Waals surface area contributed by atoms with Gasteiger partial charge >= 0.3 is 0 Å². The molecule has 3 heteroatoms.